The van der Waals surface area contributed by atoms with E-state index in [1.165, 1.54) is 0 Å². The van der Waals surface area contributed by atoms with Gasteiger partial charge in [0, 0.05) is 38.3 Å². The molecule has 2 heterocycles. The van der Waals surface area contributed by atoms with Gasteiger partial charge >= 0.3 is 6.03 Å². The number of methoxy groups -OCH3 is 2. The third-order valence-electron chi connectivity index (χ3n) is 4.35. The van der Waals surface area contributed by atoms with E-state index in [0.717, 1.165) is 11.4 Å². The van der Waals surface area contributed by atoms with E-state index < -0.39 is 0 Å². The lowest BCUT2D eigenvalue weighted by Crippen LogP contribution is -2.51. The SMILES string of the molecule is COc1cc(N2CCN(C(=O)NCc3ccco3)CC2)c(OC)cc1Cl. The van der Waals surface area contributed by atoms with Crippen molar-refractivity contribution in [2.24, 2.45) is 0 Å². The number of carbonyl (C=O) groups excluding carboxylic acids is 1. The highest BCUT2D eigenvalue weighted by molar-refractivity contribution is 6.32. The summed E-state index contributed by atoms with van der Waals surface area (Å²) in [6, 6.07) is 7.15. The fourth-order valence-corrected chi connectivity index (χ4v) is 3.16. The smallest absolute Gasteiger partial charge is 0.317 e. The number of benzene rings is 1. The minimum atomic E-state index is -0.0956. The highest BCUT2D eigenvalue weighted by Gasteiger charge is 2.24. The summed E-state index contributed by atoms with van der Waals surface area (Å²) in [6.07, 6.45) is 1.59. The predicted octanol–water partition coefficient (Wildman–Crippen LogP) is 2.98. The molecular weight excluding hydrogens is 358 g/mol. The van der Waals surface area contributed by atoms with Gasteiger partial charge in [-0.3, -0.25) is 0 Å². The molecule has 0 atom stereocenters. The summed E-state index contributed by atoms with van der Waals surface area (Å²) in [4.78, 5) is 16.2. The first-order valence-corrected chi connectivity index (χ1v) is 8.71. The maximum Gasteiger partial charge on any atom is 0.317 e. The number of piperazine rings is 1. The number of anilines is 1. The van der Waals surface area contributed by atoms with Crippen molar-refractivity contribution in [2.45, 2.75) is 6.54 Å². The second kappa shape index (κ2) is 8.23. The van der Waals surface area contributed by atoms with E-state index in [2.05, 4.69) is 10.2 Å². The van der Waals surface area contributed by atoms with Crippen molar-refractivity contribution in [3.63, 3.8) is 0 Å². The standard InChI is InChI=1S/C18H22ClN3O4/c1-24-16-11-15(17(25-2)10-14(16)19)21-5-7-22(8-6-21)18(23)20-12-13-4-3-9-26-13/h3-4,9-11H,5-8,12H2,1-2H3,(H,20,23). The van der Waals surface area contributed by atoms with Gasteiger partial charge in [-0.25, -0.2) is 4.79 Å². The van der Waals surface area contributed by atoms with Crippen LogP contribution < -0.4 is 19.7 Å². The average molecular weight is 380 g/mol. The molecule has 1 aliphatic rings. The lowest BCUT2D eigenvalue weighted by Gasteiger charge is -2.36. The molecule has 1 aromatic heterocycles. The molecule has 0 unspecified atom stereocenters. The van der Waals surface area contributed by atoms with Crippen molar-refractivity contribution in [1.29, 1.82) is 0 Å². The Morgan fingerprint density at radius 1 is 1.19 bits per heavy atom. The number of carbonyl (C=O) groups is 1. The quantitative estimate of drug-likeness (QED) is 0.865. The van der Waals surface area contributed by atoms with E-state index in [-0.39, 0.29) is 6.03 Å². The Morgan fingerprint density at radius 2 is 1.92 bits per heavy atom. The molecule has 0 bridgehead atoms. The van der Waals surface area contributed by atoms with Crippen LogP contribution in [-0.2, 0) is 6.54 Å². The Hall–Kier alpha value is -2.54. The molecule has 0 radical (unpaired) electrons. The number of halogens is 1. The summed E-state index contributed by atoms with van der Waals surface area (Å²) in [7, 11) is 3.19. The van der Waals surface area contributed by atoms with Gasteiger partial charge < -0.3 is 29.0 Å². The van der Waals surface area contributed by atoms with Crippen LogP contribution in [0.1, 0.15) is 5.76 Å². The van der Waals surface area contributed by atoms with Gasteiger partial charge in [0.2, 0.25) is 0 Å². The normalized spacial score (nSPS) is 14.3. The van der Waals surface area contributed by atoms with Crippen molar-refractivity contribution in [3.05, 3.63) is 41.3 Å². The summed E-state index contributed by atoms with van der Waals surface area (Å²) >= 11 is 6.17. The summed E-state index contributed by atoms with van der Waals surface area (Å²) in [5.74, 6) is 2.02. The molecule has 2 amide bonds. The van der Waals surface area contributed by atoms with Gasteiger partial charge in [-0.1, -0.05) is 11.6 Å². The first kappa shape index (κ1) is 18.3. The van der Waals surface area contributed by atoms with E-state index in [0.29, 0.717) is 49.2 Å². The summed E-state index contributed by atoms with van der Waals surface area (Å²) in [5.41, 5.74) is 0.907. The third-order valence-corrected chi connectivity index (χ3v) is 4.65. The number of nitrogens with one attached hydrogen (secondary N) is 1. The Kier molecular flexibility index (Phi) is 5.78. The summed E-state index contributed by atoms with van der Waals surface area (Å²) in [5, 5.41) is 3.37. The van der Waals surface area contributed by atoms with Crippen LogP contribution in [0.5, 0.6) is 11.5 Å². The number of urea groups is 1. The van der Waals surface area contributed by atoms with Crippen LogP contribution in [0, 0.1) is 0 Å². The van der Waals surface area contributed by atoms with Crippen LogP contribution >= 0.6 is 11.6 Å². The molecule has 1 N–H and O–H groups in total. The van der Waals surface area contributed by atoms with Gasteiger partial charge in [0.1, 0.15) is 17.3 Å². The van der Waals surface area contributed by atoms with Crippen LogP contribution in [-0.4, -0.2) is 51.3 Å². The molecule has 3 rings (SSSR count). The zero-order valence-electron chi connectivity index (χ0n) is 14.8. The monoisotopic (exact) mass is 379 g/mol. The van der Waals surface area contributed by atoms with Crippen LogP contribution in [0.3, 0.4) is 0 Å². The molecule has 0 spiro atoms. The first-order valence-electron chi connectivity index (χ1n) is 8.34. The number of amides is 2. The van der Waals surface area contributed by atoms with Gasteiger partial charge in [-0.2, -0.15) is 0 Å². The van der Waals surface area contributed by atoms with Gasteiger partial charge in [0.15, 0.2) is 0 Å². The van der Waals surface area contributed by atoms with Crippen molar-refractivity contribution in [1.82, 2.24) is 10.2 Å². The summed E-state index contributed by atoms with van der Waals surface area (Å²) in [6.45, 7) is 2.98. The van der Waals surface area contributed by atoms with Gasteiger partial charge in [0.05, 0.1) is 37.7 Å². The molecule has 2 aromatic rings. The molecule has 1 aliphatic heterocycles. The van der Waals surface area contributed by atoms with E-state index in [4.69, 9.17) is 25.5 Å². The first-order chi connectivity index (χ1) is 12.6. The Balaban J connectivity index is 1.60. The molecule has 1 fully saturated rings. The molecule has 26 heavy (non-hydrogen) atoms. The lowest BCUT2D eigenvalue weighted by atomic mass is 10.2. The van der Waals surface area contributed by atoms with Gasteiger partial charge in [-0.15, -0.1) is 0 Å². The fourth-order valence-electron chi connectivity index (χ4n) is 2.93. The van der Waals surface area contributed by atoms with E-state index in [1.54, 1.807) is 37.5 Å². The molecule has 7 nitrogen and oxygen atoms in total. The third kappa shape index (κ3) is 3.99. The van der Waals surface area contributed by atoms with Crippen molar-refractivity contribution in [3.8, 4) is 11.5 Å². The van der Waals surface area contributed by atoms with Crippen LogP contribution in [0.2, 0.25) is 5.02 Å². The maximum absolute atomic E-state index is 12.3. The lowest BCUT2D eigenvalue weighted by molar-refractivity contribution is 0.193. The molecular formula is C18H22ClN3O4. The van der Waals surface area contributed by atoms with Crippen molar-refractivity contribution in [2.75, 3.05) is 45.3 Å². The summed E-state index contributed by atoms with van der Waals surface area (Å²) < 4.78 is 16.0. The second-order valence-electron chi connectivity index (χ2n) is 5.87. The molecule has 0 saturated carbocycles. The van der Waals surface area contributed by atoms with Crippen molar-refractivity contribution < 1.29 is 18.7 Å². The van der Waals surface area contributed by atoms with Gasteiger partial charge in [0.25, 0.3) is 0 Å². The number of hydrogen-bond donors (Lipinski definition) is 1. The van der Waals surface area contributed by atoms with Gasteiger partial charge in [-0.05, 0) is 12.1 Å². The zero-order chi connectivity index (χ0) is 18.5. The Labute approximate surface area is 157 Å². The number of furan rings is 1. The van der Waals surface area contributed by atoms with E-state index in [9.17, 15) is 4.79 Å². The van der Waals surface area contributed by atoms with E-state index >= 15 is 0 Å². The minimum Gasteiger partial charge on any atom is -0.495 e. The van der Waals surface area contributed by atoms with Crippen LogP contribution in [0.15, 0.2) is 34.9 Å². The second-order valence-corrected chi connectivity index (χ2v) is 6.28. The largest absolute Gasteiger partial charge is 0.495 e. The average Bonchev–Trinajstić information content (AvgIpc) is 3.19. The number of rotatable bonds is 5. The van der Waals surface area contributed by atoms with Crippen molar-refractivity contribution >= 4 is 23.3 Å². The maximum atomic E-state index is 12.3. The predicted molar refractivity (Wildman–Crippen MR) is 99.3 cm³/mol. The molecule has 1 aromatic carbocycles. The highest BCUT2D eigenvalue weighted by Crippen LogP contribution is 2.38. The van der Waals surface area contributed by atoms with Crippen LogP contribution in [0.4, 0.5) is 10.5 Å². The molecule has 0 aliphatic carbocycles. The molecule has 1 saturated heterocycles. The minimum absolute atomic E-state index is 0.0956. The zero-order valence-corrected chi connectivity index (χ0v) is 15.6. The number of hydrogen-bond acceptors (Lipinski definition) is 5. The van der Waals surface area contributed by atoms with E-state index in [1.807, 2.05) is 12.1 Å². The highest BCUT2D eigenvalue weighted by atomic mass is 35.5. The number of ether oxygens (including phenoxy) is 2. The molecule has 8 heteroatoms. The topological polar surface area (TPSA) is 67.2 Å². The molecule has 140 valence electrons. The fraction of sp³-hybridized carbons (Fsp3) is 0.389. The Bertz CT molecular complexity index is 743. The number of nitrogens with zero attached hydrogens (tertiary/aromatic N) is 2. The Morgan fingerprint density at radius 3 is 2.54 bits per heavy atom. The van der Waals surface area contributed by atoms with Crippen LogP contribution in [0.25, 0.3) is 0 Å².